The maximum Gasteiger partial charge on any atom is 0.0124 e. The number of nitrogens with zero attached hydrogens (tertiary/aromatic N) is 1. The predicted octanol–water partition coefficient (Wildman–Crippen LogP) is 2.66. The Labute approximate surface area is 81.5 Å². The van der Waals surface area contributed by atoms with Crippen LogP contribution in [0, 0.1) is 11.8 Å². The Kier molecular flexibility index (Phi) is 2.08. The molecule has 2 saturated heterocycles. The molecule has 0 radical (unpaired) electrons. The molecule has 0 N–H and O–H groups in total. The van der Waals surface area contributed by atoms with E-state index in [0.29, 0.717) is 0 Å². The second-order valence-corrected chi connectivity index (χ2v) is 5.34. The Morgan fingerprint density at radius 2 is 1.77 bits per heavy atom. The molecule has 74 valence electrons. The van der Waals surface area contributed by atoms with E-state index in [2.05, 4.69) is 4.90 Å². The summed E-state index contributed by atoms with van der Waals surface area (Å²) in [6.45, 7) is 2.87. The molecule has 1 nitrogen and oxygen atoms in total. The topological polar surface area (TPSA) is 3.24 Å². The lowest BCUT2D eigenvalue weighted by molar-refractivity contribution is 0.132. The van der Waals surface area contributed by atoms with Crippen molar-refractivity contribution in [2.75, 3.05) is 13.1 Å². The smallest absolute Gasteiger partial charge is 0.0124 e. The van der Waals surface area contributed by atoms with Gasteiger partial charge in [-0.15, -0.1) is 0 Å². The summed E-state index contributed by atoms with van der Waals surface area (Å²) in [5.41, 5.74) is 0. The quantitative estimate of drug-likeness (QED) is 0.552. The normalized spacial score (nSPS) is 49.8. The lowest BCUT2D eigenvalue weighted by Gasteiger charge is -2.37. The molecule has 2 bridgehead atoms. The summed E-state index contributed by atoms with van der Waals surface area (Å²) in [7, 11) is 0. The largest absolute Gasteiger partial charge is 0.300 e. The van der Waals surface area contributed by atoms with Crippen LogP contribution in [0.3, 0.4) is 0 Å². The maximum absolute atomic E-state index is 2.82. The zero-order valence-electron chi connectivity index (χ0n) is 8.54. The lowest BCUT2D eigenvalue weighted by atomic mass is 9.80. The average Bonchev–Trinajstić information content (AvgIpc) is 2.54. The first kappa shape index (κ1) is 8.28. The van der Waals surface area contributed by atoms with Gasteiger partial charge in [-0.1, -0.05) is 12.8 Å². The van der Waals surface area contributed by atoms with Crippen LogP contribution in [-0.4, -0.2) is 24.0 Å². The predicted molar refractivity (Wildman–Crippen MR) is 54.7 cm³/mol. The van der Waals surface area contributed by atoms with Crippen molar-refractivity contribution in [3.63, 3.8) is 0 Å². The van der Waals surface area contributed by atoms with Crippen LogP contribution in [0.15, 0.2) is 0 Å². The molecular formula is C12H21N. The molecule has 3 rings (SSSR count). The van der Waals surface area contributed by atoms with E-state index in [-0.39, 0.29) is 0 Å². The highest BCUT2D eigenvalue weighted by atomic mass is 15.2. The van der Waals surface area contributed by atoms with Crippen LogP contribution in [0.4, 0.5) is 0 Å². The second-order valence-electron chi connectivity index (χ2n) is 5.34. The van der Waals surface area contributed by atoms with Gasteiger partial charge in [0.25, 0.3) is 0 Å². The molecule has 1 saturated carbocycles. The van der Waals surface area contributed by atoms with E-state index in [1.807, 2.05) is 0 Å². The summed E-state index contributed by atoms with van der Waals surface area (Å²) < 4.78 is 0. The maximum atomic E-state index is 2.82. The van der Waals surface area contributed by atoms with Gasteiger partial charge in [0.1, 0.15) is 0 Å². The fourth-order valence-corrected chi connectivity index (χ4v) is 3.85. The van der Waals surface area contributed by atoms with Gasteiger partial charge in [0.15, 0.2) is 0 Å². The van der Waals surface area contributed by atoms with Crippen molar-refractivity contribution in [2.24, 2.45) is 11.8 Å². The summed E-state index contributed by atoms with van der Waals surface area (Å²) >= 11 is 0. The van der Waals surface area contributed by atoms with Gasteiger partial charge in [0, 0.05) is 12.6 Å². The molecule has 0 amide bonds. The third-order valence-electron chi connectivity index (χ3n) is 4.60. The summed E-state index contributed by atoms with van der Waals surface area (Å²) in [5.74, 6) is 2.16. The van der Waals surface area contributed by atoms with Crippen molar-refractivity contribution in [2.45, 2.75) is 51.0 Å². The van der Waals surface area contributed by atoms with Gasteiger partial charge in [-0.3, -0.25) is 4.90 Å². The van der Waals surface area contributed by atoms with Crippen molar-refractivity contribution in [1.29, 1.82) is 0 Å². The molecule has 0 spiro atoms. The highest BCUT2D eigenvalue weighted by molar-refractivity contribution is 4.91. The summed E-state index contributed by atoms with van der Waals surface area (Å²) in [5, 5.41) is 0. The summed E-state index contributed by atoms with van der Waals surface area (Å²) in [4.78, 5) is 2.82. The Balaban J connectivity index is 1.78. The molecule has 0 aromatic rings. The van der Waals surface area contributed by atoms with E-state index < -0.39 is 0 Å². The molecule has 3 fully saturated rings. The number of fused-ring (bicyclic) bond motifs is 4. The Hall–Kier alpha value is -0.0400. The van der Waals surface area contributed by atoms with E-state index in [9.17, 15) is 0 Å². The van der Waals surface area contributed by atoms with Crippen molar-refractivity contribution in [3.8, 4) is 0 Å². The third-order valence-corrected chi connectivity index (χ3v) is 4.60. The van der Waals surface area contributed by atoms with Crippen molar-refractivity contribution >= 4 is 0 Å². The molecule has 1 heteroatoms. The van der Waals surface area contributed by atoms with Crippen LogP contribution in [0.5, 0.6) is 0 Å². The second kappa shape index (κ2) is 3.27. The number of rotatable bonds is 0. The number of hydrogen-bond donors (Lipinski definition) is 0. The lowest BCUT2D eigenvalue weighted by Crippen LogP contribution is -2.39. The number of hydrogen-bond acceptors (Lipinski definition) is 1. The zero-order valence-corrected chi connectivity index (χ0v) is 8.54. The van der Waals surface area contributed by atoms with Gasteiger partial charge in [0.2, 0.25) is 0 Å². The molecule has 2 heterocycles. The van der Waals surface area contributed by atoms with Crippen LogP contribution in [0.1, 0.15) is 44.9 Å². The third kappa shape index (κ3) is 1.41. The van der Waals surface area contributed by atoms with Crippen LogP contribution < -0.4 is 0 Å². The van der Waals surface area contributed by atoms with E-state index in [1.54, 1.807) is 6.42 Å². The monoisotopic (exact) mass is 179 g/mol. The molecule has 4 unspecified atom stereocenters. The molecule has 0 aromatic carbocycles. The van der Waals surface area contributed by atoms with Crippen molar-refractivity contribution < 1.29 is 0 Å². The highest BCUT2D eigenvalue weighted by Crippen LogP contribution is 2.39. The minimum atomic E-state index is 1.00. The molecule has 13 heavy (non-hydrogen) atoms. The van der Waals surface area contributed by atoms with Crippen LogP contribution >= 0.6 is 0 Å². The highest BCUT2D eigenvalue weighted by Gasteiger charge is 2.37. The van der Waals surface area contributed by atoms with E-state index in [1.165, 1.54) is 51.6 Å². The molecule has 0 aromatic heterocycles. The fourth-order valence-electron chi connectivity index (χ4n) is 3.85. The molecule has 2 aliphatic heterocycles. The summed E-state index contributed by atoms with van der Waals surface area (Å²) in [6.07, 6.45) is 10.7. The standard InChI is InChI=1S/C12H21N/c1-2-4-12-11(3-1)6-5-10-7-8-13(12)9-10/h10-12H,1-9H2. The first-order valence-electron chi connectivity index (χ1n) is 6.17. The van der Waals surface area contributed by atoms with Gasteiger partial charge in [0.05, 0.1) is 0 Å². The molecule has 1 aliphatic carbocycles. The van der Waals surface area contributed by atoms with E-state index in [4.69, 9.17) is 0 Å². The molecule has 4 atom stereocenters. The van der Waals surface area contributed by atoms with Crippen LogP contribution in [-0.2, 0) is 0 Å². The van der Waals surface area contributed by atoms with Crippen LogP contribution in [0.25, 0.3) is 0 Å². The Morgan fingerprint density at radius 1 is 0.846 bits per heavy atom. The van der Waals surface area contributed by atoms with Gasteiger partial charge in [-0.2, -0.15) is 0 Å². The first-order valence-corrected chi connectivity index (χ1v) is 6.17. The van der Waals surface area contributed by atoms with Crippen LogP contribution in [0.2, 0.25) is 0 Å². The molecular weight excluding hydrogens is 158 g/mol. The van der Waals surface area contributed by atoms with E-state index in [0.717, 1.165) is 17.9 Å². The SMILES string of the molecule is C1CCC2C(C1)CCC1CCN2C1. The molecule has 3 aliphatic rings. The fraction of sp³-hybridized carbons (Fsp3) is 1.00. The first-order chi connectivity index (χ1) is 6.43. The Morgan fingerprint density at radius 3 is 2.77 bits per heavy atom. The van der Waals surface area contributed by atoms with Gasteiger partial charge in [-0.05, 0) is 50.5 Å². The average molecular weight is 179 g/mol. The van der Waals surface area contributed by atoms with E-state index >= 15 is 0 Å². The van der Waals surface area contributed by atoms with Gasteiger partial charge >= 0.3 is 0 Å². The van der Waals surface area contributed by atoms with Gasteiger partial charge < -0.3 is 0 Å². The minimum absolute atomic E-state index is 1.00. The van der Waals surface area contributed by atoms with Crippen molar-refractivity contribution in [1.82, 2.24) is 4.90 Å². The summed E-state index contributed by atoms with van der Waals surface area (Å²) in [6, 6.07) is 1.00. The zero-order chi connectivity index (χ0) is 8.67. The minimum Gasteiger partial charge on any atom is -0.300 e. The van der Waals surface area contributed by atoms with Gasteiger partial charge in [-0.25, -0.2) is 0 Å². The Bertz CT molecular complexity index is 186. The van der Waals surface area contributed by atoms with Crippen molar-refractivity contribution in [3.05, 3.63) is 0 Å².